The van der Waals surface area contributed by atoms with Crippen LogP contribution < -0.4 is 15.4 Å². The van der Waals surface area contributed by atoms with Crippen LogP contribution in [0.3, 0.4) is 0 Å². The Balaban J connectivity index is 1.66. The number of carbonyl (C=O) groups excluding carboxylic acids is 1. The third-order valence-corrected chi connectivity index (χ3v) is 3.12. The predicted molar refractivity (Wildman–Crippen MR) is 83.3 cm³/mol. The minimum absolute atomic E-state index is 0.0702. The van der Waals surface area contributed by atoms with Gasteiger partial charge in [-0.3, -0.25) is 0 Å². The van der Waals surface area contributed by atoms with E-state index in [1.54, 1.807) is 12.1 Å². The Morgan fingerprint density at radius 3 is 2.50 bits per heavy atom. The van der Waals surface area contributed by atoms with E-state index in [9.17, 15) is 9.18 Å². The van der Waals surface area contributed by atoms with Gasteiger partial charge in [0.25, 0.3) is 0 Å². The minimum Gasteiger partial charge on any atom is -0.492 e. The number of benzene rings is 2. The van der Waals surface area contributed by atoms with E-state index in [4.69, 9.17) is 4.74 Å². The average molecular weight is 302 g/mol. The zero-order valence-corrected chi connectivity index (χ0v) is 12.4. The van der Waals surface area contributed by atoms with Crippen molar-refractivity contribution in [3.8, 4) is 5.75 Å². The van der Waals surface area contributed by atoms with Gasteiger partial charge in [0.15, 0.2) is 0 Å². The molecular formula is C17H19FN2O2. The van der Waals surface area contributed by atoms with Gasteiger partial charge >= 0.3 is 6.03 Å². The first-order chi connectivity index (χ1) is 10.6. The standard InChI is InChI=1S/C17H19FN2O2/c1-13(14-5-3-2-4-6-14)20-17(21)19-11-12-22-16-9-7-15(18)8-10-16/h2-10,13H,11-12H2,1H3,(H2,19,20,21). The summed E-state index contributed by atoms with van der Waals surface area (Å²) < 4.78 is 18.1. The third-order valence-electron chi connectivity index (χ3n) is 3.12. The number of ether oxygens (including phenoxy) is 1. The van der Waals surface area contributed by atoms with Gasteiger partial charge < -0.3 is 15.4 Å². The SMILES string of the molecule is CC(NC(=O)NCCOc1ccc(F)cc1)c1ccccc1. The van der Waals surface area contributed by atoms with Crippen LogP contribution in [0.4, 0.5) is 9.18 Å². The zero-order valence-electron chi connectivity index (χ0n) is 12.4. The Hall–Kier alpha value is -2.56. The highest BCUT2D eigenvalue weighted by atomic mass is 19.1. The summed E-state index contributed by atoms with van der Waals surface area (Å²) in [5.74, 6) is 0.265. The number of rotatable bonds is 6. The Kier molecular flexibility index (Phi) is 5.77. The summed E-state index contributed by atoms with van der Waals surface area (Å²) in [6.07, 6.45) is 0. The van der Waals surface area contributed by atoms with Crippen LogP contribution in [0.15, 0.2) is 54.6 Å². The molecule has 1 atom stereocenters. The van der Waals surface area contributed by atoms with Gasteiger partial charge in [-0.15, -0.1) is 0 Å². The van der Waals surface area contributed by atoms with Crippen molar-refractivity contribution in [3.63, 3.8) is 0 Å². The van der Waals surface area contributed by atoms with E-state index >= 15 is 0 Å². The van der Waals surface area contributed by atoms with Gasteiger partial charge in [-0.25, -0.2) is 9.18 Å². The van der Waals surface area contributed by atoms with Gasteiger partial charge in [-0.2, -0.15) is 0 Å². The molecule has 0 saturated carbocycles. The third kappa shape index (κ3) is 5.09. The lowest BCUT2D eigenvalue weighted by Gasteiger charge is -2.15. The summed E-state index contributed by atoms with van der Waals surface area (Å²) in [5, 5.41) is 5.56. The summed E-state index contributed by atoms with van der Waals surface area (Å²) in [6, 6.07) is 15.2. The van der Waals surface area contributed by atoms with Crippen molar-refractivity contribution < 1.29 is 13.9 Å². The molecule has 0 saturated heterocycles. The smallest absolute Gasteiger partial charge is 0.315 e. The van der Waals surface area contributed by atoms with Crippen LogP contribution in [-0.4, -0.2) is 19.2 Å². The van der Waals surface area contributed by atoms with Crippen LogP contribution >= 0.6 is 0 Å². The molecule has 0 aliphatic rings. The summed E-state index contributed by atoms with van der Waals surface area (Å²) >= 11 is 0. The molecule has 2 N–H and O–H groups in total. The molecule has 0 aliphatic carbocycles. The molecule has 2 aromatic rings. The van der Waals surface area contributed by atoms with E-state index < -0.39 is 0 Å². The van der Waals surface area contributed by atoms with Crippen molar-refractivity contribution in [1.82, 2.24) is 10.6 Å². The topological polar surface area (TPSA) is 50.4 Å². The van der Waals surface area contributed by atoms with E-state index in [1.807, 2.05) is 37.3 Å². The number of hydrogen-bond donors (Lipinski definition) is 2. The first-order valence-corrected chi connectivity index (χ1v) is 7.13. The summed E-state index contributed by atoms with van der Waals surface area (Å²) in [7, 11) is 0. The maximum Gasteiger partial charge on any atom is 0.315 e. The Morgan fingerprint density at radius 1 is 1.14 bits per heavy atom. The Morgan fingerprint density at radius 2 is 1.82 bits per heavy atom. The van der Waals surface area contributed by atoms with E-state index in [0.29, 0.717) is 18.9 Å². The molecule has 0 radical (unpaired) electrons. The number of urea groups is 1. The second-order valence-electron chi connectivity index (χ2n) is 4.83. The van der Waals surface area contributed by atoms with Crippen molar-refractivity contribution in [2.45, 2.75) is 13.0 Å². The fraction of sp³-hybridized carbons (Fsp3) is 0.235. The Labute approximate surface area is 129 Å². The molecule has 0 heterocycles. The number of carbonyl (C=O) groups is 1. The maximum absolute atomic E-state index is 12.7. The monoisotopic (exact) mass is 302 g/mol. The fourth-order valence-corrected chi connectivity index (χ4v) is 1.94. The number of nitrogens with one attached hydrogen (secondary N) is 2. The van der Waals surface area contributed by atoms with Crippen molar-refractivity contribution >= 4 is 6.03 Å². The highest BCUT2D eigenvalue weighted by Crippen LogP contribution is 2.11. The van der Waals surface area contributed by atoms with Gasteiger partial charge in [-0.05, 0) is 36.8 Å². The first-order valence-electron chi connectivity index (χ1n) is 7.13. The van der Waals surface area contributed by atoms with Crippen LogP contribution in [-0.2, 0) is 0 Å². The number of halogens is 1. The van der Waals surface area contributed by atoms with Gasteiger partial charge in [0.2, 0.25) is 0 Å². The van der Waals surface area contributed by atoms with Gasteiger partial charge in [0.05, 0.1) is 12.6 Å². The normalized spacial score (nSPS) is 11.5. The summed E-state index contributed by atoms with van der Waals surface area (Å²) in [6.45, 7) is 2.60. The van der Waals surface area contributed by atoms with Gasteiger partial charge in [-0.1, -0.05) is 30.3 Å². The van der Waals surface area contributed by atoms with E-state index in [1.165, 1.54) is 12.1 Å². The first kappa shape index (κ1) is 15.8. The number of hydrogen-bond acceptors (Lipinski definition) is 2. The summed E-state index contributed by atoms with van der Waals surface area (Å²) in [4.78, 5) is 11.8. The fourth-order valence-electron chi connectivity index (χ4n) is 1.94. The molecule has 4 nitrogen and oxygen atoms in total. The molecule has 2 amide bonds. The molecule has 2 rings (SSSR count). The highest BCUT2D eigenvalue weighted by Gasteiger charge is 2.08. The molecule has 0 bridgehead atoms. The van der Waals surface area contributed by atoms with Crippen molar-refractivity contribution in [2.24, 2.45) is 0 Å². The van der Waals surface area contributed by atoms with E-state index in [-0.39, 0.29) is 17.9 Å². The molecule has 1 unspecified atom stereocenters. The lowest BCUT2D eigenvalue weighted by Crippen LogP contribution is -2.38. The number of amides is 2. The molecule has 22 heavy (non-hydrogen) atoms. The van der Waals surface area contributed by atoms with E-state index in [2.05, 4.69) is 10.6 Å². The van der Waals surface area contributed by atoms with Crippen molar-refractivity contribution in [3.05, 3.63) is 66.0 Å². The quantitative estimate of drug-likeness (QED) is 0.805. The second-order valence-corrected chi connectivity index (χ2v) is 4.83. The van der Waals surface area contributed by atoms with E-state index in [0.717, 1.165) is 5.56 Å². The van der Waals surface area contributed by atoms with Crippen molar-refractivity contribution in [2.75, 3.05) is 13.2 Å². The van der Waals surface area contributed by atoms with Crippen LogP contribution in [0.25, 0.3) is 0 Å². The Bertz CT molecular complexity index is 587. The molecule has 0 fully saturated rings. The largest absolute Gasteiger partial charge is 0.492 e. The van der Waals surface area contributed by atoms with Crippen LogP contribution in [0, 0.1) is 5.82 Å². The molecule has 5 heteroatoms. The molecule has 0 spiro atoms. The van der Waals surface area contributed by atoms with Gasteiger partial charge in [0, 0.05) is 0 Å². The van der Waals surface area contributed by atoms with Crippen molar-refractivity contribution in [1.29, 1.82) is 0 Å². The van der Waals surface area contributed by atoms with Crippen LogP contribution in [0.1, 0.15) is 18.5 Å². The summed E-state index contributed by atoms with van der Waals surface area (Å²) in [5.41, 5.74) is 1.04. The molecule has 116 valence electrons. The second kappa shape index (κ2) is 8.02. The van der Waals surface area contributed by atoms with Crippen LogP contribution in [0.5, 0.6) is 5.75 Å². The lowest BCUT2D eigenvalue weighted by molar-refractivity contribution is 0.233. The minimum atomic E-state index is -0.306. The molecule has 0 aromatic heterocycles. The lowest BCUT2D eigenvalue weighted by atomic mass is 10.1. The average Bonchev–Trinajstić information content (AvgIpc) is 2.54. The van der Waals surface area contributed by atoms with Gasteiger partial charge in [0.1, 0.15) is 18.2 Å². The zero-order chi connectivity index (χ0) is 15.8. The van der Waals surface area contributed by atoms with Crippen LogP contribution in [0.2, 0.25) is 0 Å². The highest BCUT2D eigenvalue weighted by molar-refractivity contribution is 5.74. The maximum atomic E-state index is 12.7. The molecule has 0 aliphatic heterocycles. The molecular weight excluding hydrogens is 283 g/mol. The predicted octanol–water partition coefficient (Wildman–Crippen LogP) is 3.26. The molecule has 2 aromatic carbocycles.